The van der Waals surface area contributed by atoms with E-state index in [1.165, 1.54) is 0 Å². The van der Waals surface area contributed by atoms with Crippen LogP contribution in [0.3, 0.4) is 0 Å². The first-order valence-corrected chi connectivity index (χ1v) is 15.0. The number of fused-ring (bicyclic) bond motifs is 1. The number of ether oxygens (including phenoxy) is 1. The van der Waals surface area contributed by atoms with Gasteiger partial charge < -0.3 is 19.6 Å². The zero-order valence-corrected chi connectivity index (χ0v) is 25.0. The number of likely N-dealkylation sites (tertiary alicyclic amines) is 1. The number of hydrogen-bond acceptors (Lipinski definition) is 6. The van der Waals surface area contributed by atoms with E-state index in [1.807, 2.05) is 35.2 Å². The van der Waals surface area contributed by atoms with Crippen LogP contribution in [0.15, 0.2) is 43.0 Å². The molecule has 3 aliphatic rings. The molecule has 7 nitrogen and oxygen atoms in total. The Morgan fingerprint density at radius 1 is 1.26 bits per heavy atom. The van der Waals surface area contributed by atoms with Gasteiger partial charge in [-0.15, -0.1) is 18.3 Å². The minimum absolute atomic E-state index is 0.0392. The normalized spacial score (nSPS) is 28.8. The molecule has 39 heavy (non-hydrogen) atoms. The van der Waals surface area contributed by atoms with E-state index in [0.29, 0.717) is 13.0 Å². The predicted octanol–water partition coefficient (Wildman–Crippen LogP) is 4.60. The number of nitrogens with zero attached hydrogens (tertiary/aromatic N) is 2. The summed E-state index contributed by atoms with van der Waals surface area (Å²) in [6, 6.07) is 7.85. The van der Waals surface area contributed by atoms with Crippen LogP contribution in [0.4, 0.5) is 0 Å². The minimum atomic E-state index is -0.819. The predicted molar refractivity (Wildman–Crippen MR) is 154 cm³/mol. The molecule has 1 N–H and O–H groups in total. The van der Waals surface area contributed by atoms with E-state index in [-0.39, 0.29) is 41.7 Å². The number of hydrogen-bond donors (Lipinski definition) is 1. The van der Waals surface area contributed by atoms with Crippen LogP contribution in [0.25, 0.3) is 0 Å². The minimum Gasteiger partial charge on any atom is -0.466 e. The summed E-state index contributed by atoms with van der Waals surface area (Å²) in [5.41, 5.74) is 0.206. The van der Waals surface area contributed by atoms with E-state index < -0.39 is 34.2 Å². The fourth-order valence-corrected chi connectivity index (χ4v) is 9.73. The number of aliphatic hydroxyl groups excluding tert-OH is 1. The molecule has 2 amide bonds. The molecule has 2 bridgehead atoms. The van der Waals surface area contributed by atoms with Crippen LogP contribution in [-0.4, -0.2) is 74.0 Å². The van der Waals surface area contributed by atoms with Gasteiger partial charge in [0.25, 0.3) is 0 Å². The SMILES string of the molecule is C=CCN(C(=O)C1N([C@H](CO)c2ccccc2)C(=O)[C@@H]2[C@H](C(=O)OCC)[C@@H]3CCC12S3)C(C)(C)CC(C)(C)C. The Labute approximate surface area is 237 Å². The van der Waals surface area contributed by atoms with Crippen molar-refractivity contribution >= 4 is 29.5 Å². The summed E-state index contributed by atoms with van der Waals surface area (Å²) in [7, 11) is 0. The lowest BCUT2D eigenvalue weighted by Gasteiger charge is -2.46. The fraction of sp³-hybridized carbons (Fsp3) is 0.645. The third-order valence-electron chi connectivity index (χ3n) is 8.50. The van der Waals surface area contributed by atoms with Gasteiger partial charge >= 0.3 is 5.97 Å². The smallest absolute Gasteiger partial charge is 0.310 e. The van der Waals surface area contributed by atoms with Gasteiger partial charge in [0.05, 0.1) is 35.8 Å². The molecule has 0 saturated carbocycles. The molecule has 3 fully saturated rings. The zero-order chi connectivity index (χ0) is 28.8. The van der Waals surface area contributed by atoms with Gasteiger partial charge in [-0.3, -0.25) is 14.4 Å². The Balaban J connectivity index is 1.86. The lowest BCUT2D eigenvalue weighted by atomic mass is 9.71. The van der Waals surface area contributed by atoms with Crippen LogP contribution in [-0.2, 0) is 19.1 Å². The van der Waals surface area contributed by atoms with Crippen molar-refractivity contribution in [1.29, 1.82) is 0 Å². The molecule has 4 rings (SSSR count). The number of carbonyl (C=O) groups excluding carboxylic acids is 3. The molecule has 214 valence electrons. The Morgan fingerprint density at radius 2 is 1.92 bits per heavy atom. The van der Waals surface area contributed by atoms with Gasteiger partial charge in [-0.05, 0) is 51.0 Å². The van der Waals surface area contributed by atoms with Gasteiger partial charge in [-0.1, -0.05) is 57.2 Å². The number of benzene rings is 1. The lowest BCUT2D eigenvalue weighted by Crippen LogP contribution is -2.60. The summed E-state index contributed by atoms with van der Waals surface area (Å²) in [6.07, 6.45) is 3.90. The Hall–Kier alpha value is -2.32. The summed E-state index contributed by atoms with van der Waals surface area (Å²) in [5, 5.41) is 10.6. The summed E-state index contributed by atoms with van der Waals surface area (Å²) >= 11 is 1.62. The van der Waals surface area contributed by atoms with Crippen LogP contribution >= 0.6 is 11.8 Å². The number of carbonyl (C=O) groups is 3. The largest absolute Gasteiger partial charge is 0.466 e. The van der Waals surface area contributed by atoms with Gasteiger partial charge in [0.1, 0.15) is 6.04 Å². The van der Waals surface area contributed by atoms with Crippen molar-refractivity contribution in [2.75, 3.05) is 19.8 Å². The van der Waals surface area contributed by atoms with Crippen molar-refractivity contribution in [1.82, 2.24) is 9.80 Å². The average Bonchev–Trinajstić information content (AvgIpc) is 3.50. The summed E-state index contributed by atoms with van der Waals surface area (Å²) < 4.78 is 4.69. The van der Waals surface area contributed by atoms with E-state index in [2.05, 4.69) is 41.2 Å². The first-order chi connectivity index (χ1) is 18.3. The van der Waals surface area contributed by atoms with Crippen molar-refractivity contribution in [3.05, 3.63) is 48.6 Å². The van der Waals surface area contributed by atoms with Crippen molar-refractivity contribution in [3.8, 4) is 0 Å². The second-order valence-electron chi connectivity index (χ2n) is 12.9. The Kier molecular flexibility index (Phi) is 8.31. The van der Waals surface area contributed by atoms with Crippen LogP contribution in [0.1, 0.15) is 72.4 Å². The monoisotopic (exact) mass is 556 g/mol. The molecule has 0 aromatic heterocycles. The van der Waals surface area contributed by atoms with Crippen molar-refractivity contribution in [3.63, 3.8) is 0 Å². The third kappa shape index (κ3) is 5.15. The van der Waals surface area contributed by atoms with E-state index >= 15 is 0 Å². The summed E-state index contributed by atoms with van der Waals surface area (Å²) in [6.45, 7) is 16.6. The Morgan fingerprint density at radius 3 is 2.49 bits per heavy atom. The Bertz CT molecular complexity index is 1100. The molecule has 3 heterocycles. The van der Waals surface area contributed by atoms with Crippen LogP contribution in [0, 0.1) is 17.3 Å². The van der Waals surface area contributed by atoms with Crippen LogP contribution in [0.2, 0.25) is 0 Å². The zero-order valence-electron chi connectivity index (χ0n) is 24.2. The highest BCUT2D eigenvalue weighted by Gasteiger charge is 2.75. The van der Waals surface area contributed by atoms with E-state index in [4.69, 9.17) is 4.74 Å². The maximum absolute atomic E-state index is 14.9. The van der Waals surface area contributed by atoms with Crippen LogP contribution < -0.4 is 0 Å². The second kappa shape index (κ2) is 10.9. The highest BCUT2D eigenvalue weighted by Crippen LogP contribution is 2.67. The van der Waals surface area contributed by atoms with E-state index in [0.717, 1.165) is 18.4 Å². The quantitative estimate of drug-likeness (QED) is 0.335. The molecule has 1 aromatic carbocycles. The molecule has 6 atom stereocenters. The standard InChI is InChI=1S/C31H44N2O5S/c1-8-17-32(30(6,7)19-29(3,4)5)27(36)25-31-16-15-22(39-31)23(28(37)38-9-2)24(31)26(35)33(25)21(18-34)20-13-11-10-12-14-20/h8,10-14,21-25,34H,1,9,15-19H2,2-7H3/t21-,22+,23-,24+,25?,31?/m1/s1. The molecule has 1 spiro atoms. The number of aliphatic hydroxyl groups is 1. The first kappa shape index (κ1) is 29.7. The lowest BCUT2D eigenvalue weighted by molar-refractivity contribution is -0.154. The molecule has 8 heteroatoms. The number of amides is 2. The fourth-order valence-electron chi connectivity index (χ4n) is 7.55. The summed E-state index contributed by atoms with van der Waals surface area (Å²) in [4.78, 5) is 46.0. The first-order valence-electron chi connectivity index (χ1n) is 14.1. The molecule has 0 aliphatic carbocycles. The topological polar surface area (TPSA) is 87.2 Å². The molecular formula is C31H44N2O5S. The van der Waals surface area contributed by atoms with Crippen molar-refractivity contribution in [2.24, 2.45) is 17.3 Å². The molecular weight excluding hydrogens is 512 g/mol. The third-order valence-corrected chi connectivity index (χ3v) is 10.4. The highest BCUT2D eigenvalue weighted by atomic mass is 32.2. The second-order valence-corrected chi connectivity index (χ2v) is 14.6. The average molecular weight is 557 g/mol. The molecule has 3 aliphatic heterocycles. The van der Waals surface area contributed by atoms with Crippen molar-refractivity contribution in [2.45, 2.75) is 88.4 Å². The van der Waals surface area contributed by atoms with Gasteiger partial charge in [-0.2, -0.15) is 0 Å². The highest BCUT2D eigenvalue weighted by molar-refractivity contribution is 8.02. The molecule has 2 unspecified atom stereocenters. The maximum atomic E-state index is 14.9. The number of esters is 1. The number of rotatable bonds is 10. The van der Waals surface area contributed by atoms with Gasteiger partial charge in [0.15, 0.2) is 0 Å². The van der Waals surface area contributed by atoms with Crippen molar-refractivity contribution < 1.29 is 24.2 Å². The number of thioether (sulfide) groups is 1. The molecule has 3 saturated heterocycles. The van der Waals surface area contributed by atoms with E-state index in [1.54, 1.807) is 29.7 Å². The van der Waals surface area contributed by atoms with Gasteiger partial charge in [0.2, 0.25) is 11.8 Å². The molecule has 0 radical (unpaired) electrons. The maximum Gasteiger partial charge on any atom is 0.310 e. The van der Waals surface area contributed by atoms with E-state index in [9.17, 15) is 19.5 Å². The van der Waals surface area contributed by atoms with Gasteiger partial charge in [-0.25, -0.2) is 0 Å². The summed E-state index contributed by atoms with van der Waals surface area (Å²) in [5.74, 6) is -2.01. The van der Waals surface area contributed by atoms with Crippen LogP contribution in [0.5, 0.6) is 0 Å². The van der Waals surface area contributed by atoms with Gasteiger partial charge in [0, 0.05) is 17.3 Å². The molecule has 1 aromatic rings.